The van der Waals surface area contributed by atoms with Crippen molar-refractivity contribution in [3.8, 4) is 0 Å². The van der Waals surface area contributed by atoms with Crippen molar-refractivity contribution < 1.29 is 9.60 Å². The van der Waals surface area contributed by atoms with E-state index in [-0.39, 0.29) is 0 Å². The average molecular weight is 372 g/mol. The van der Waals surface area contributed by atoms with Gasteiger partial charge >= 0.3 is 56.7 Å². The number of rotatable bonds is 0. The van der Waals surface area contributed by atoms with Gasteiger partial charge in [0.1, 0.15) is 0 Å². The molecule has 0 saturated heterocycles. The van der Waals surface area contributed by atoms with Gasteiger partial charge in [-0.2, -0.15) is 0 Å². The molecule has 0 saturated carbocycles. The topological polar surface area (TPSA) is 0 Å². The Hall–Kier alpha value is 2.14. The summed E-state index contributed by atoms with van der Waals surface area (Å²) in [4.78, 5) is 0. The van der Waals surface area contributed by atoms with Crippen LogP contribution >= 0.6 is 47.1 Å². The third kappa shape index (κ3) is 35.4. The minimum atomic E-state index is -4.19. The molecule has 0 spiro atoms. The summed E-state index contributed by atoms with van der Waals surface area (Å²) in [6.45, 7) is 0. The van der Waals surface area contributed by atoms with Crippen molar-refractivity contribution in [3.05, 3.63) is 0 Å². The van der Waals surface area contributed by atoms with Crippen LogP contribution in [-0.2, 0) is 9.60 Å². The summed E-state index contributed by atoms with van der Waals surface area (Å²) < 4.78 is 0. The summed E-state index contributed by atoms with van der Waals surface area (Å²) in [5, 5.41) is 0. The molecular weight excluding hydrogens is 372 g/mol. The van der Waals surface area contributed by atoms with E-state index in [1.165, 1.54) is 0 Å². The van der Waals surface area contributed by atoms with Gasteiger partial charge in [0.2, 0.25) is 0 Å². The van der Waals surface area contributed by atoms with Crippen LogP contribution in [0.2, 0.25) is 0 Å². The van der Waals surface area contributed by atoms with E-state index in [1.807, 2.05) is 0 Å². The molecule has 0 aliphatic rings. The van der Waals surface area contributed by atoms with Gasteiger partial charge < -0.3 is 0 Å². The molecule has 0 unspecified atom stereocenters. The molecule has 0 fully saturated rings. The van der Waals surface area contributed by atoms with Crippen LogP contribution in [0.25, 0.3) is 0 Å². The van der Waals surface area contributed by atoms with Crippen molar-refractivity contribution in [2.24, 2.45) is 0 Å². The van der Waals surface area contributed by atoms with Gasteiger partial charge in [-0.25, -0.2) is 0 Å². The van der Waals surface area contributed by atoms with E-state index in [0.29, 0.717) is 0 Å². The average Bonchev–Trinajstić information content (AvgIpc) is 0.650. The maximum absolute atomic E-state index is 5.03. The number of hydrogen-bond acceptors (Lipinski definition) is 0. The maximum atomic E-state index is 5.03. The first-order chi connectivity index (χ1) is 2.24. The summed E-state index contributed by atoms with van der Waals surface area (Å²) in [5.74, 6) is 0. The monoisotopic (exact) mass is 370 g/mol. The molecule has 0 aromatic carbocycles. The van der Waals surface area contributed by atoms with Crippen molar-refractivity contribution in [2.45, 2.75) is 0 Å². The molecule has 6 heteroatoms. The SMILES string of the molecule is [Cl][Pt]([Cl])([Cl])([Cl])[Cl]. The van der Waals surface area contributed by atoms with Crippen LogP contribution < -0.4 is 0 Å². The first-order valence-corrected chi connectivity index (χ1v) is 14.7. The van der Waals surface area contributed by atoms with Crippen molar-refractivity contribution >= 4 is 47.1 Å². The standard InChI is InChI=1S/5ClH.Pt/h5*1H;/q;;;;;+5/p-5. The predicted molar refractivity (Wildman–Crippen MR) is 29.3 cm³/mol. The quantitative estimate of drug-likeness (QED) is 0.611. The van der Waals surface area contributed by atoms with E-state index in [4.69, 9.17) is 47.1 Å². The molecule has 0 bridgehead atoms. The zero-order valence-electron chi connectivity index (χ0n) is 2.21. The van der Waals surface area contributed by atoms with Gasteiger partial charge in [0, 0.05) is 0 Å². The van der Waals surface area contributed by atoms with Gasteiger partial charge in [-0.15, -0.1) is 0 Å². The van der Waals surface area contributed by atoms with Crippen LogP contribution in [0.3, 0.4) is 0 Å². The second kappa shape index (κ2) is 1.83. The Kier molecular flexibility index (Phi) is 2.48. The van der Waals surface area contributed by atoms with E-state index < -0.39 is 9.60 Å². The van der Waals surface area contributed by atoms with Crippen molar-refractivity contribution in [3.63, 3.8) is 0 Å². The Balaban J connectivity index is 3.73. The molecule has 0 rings (SSSR count). The van der Waals surface area contributed by atoms with Gasteiger partial charge in [-0.3, -0.25) is 0 Å². The predicted octanol–water partition coefficient (Wildman–Crippen LogP) is 3.44. The third-order valence-electron chi connectivity index (χ3n) is 0. The second-order valence-electron chi connectivity index (χ2n) is 0.452. The first-order valence-electron chi connectivity index (χ1n) is 0.598. The van der Waals surface area contributed by atoms with Gasteiger partial charge in [-0.05, 0) is 0 Å². The number of halogens is 5. The molecule has 0 aromatic heterocycles. The van der Waals surface area contributed by atoms with Crippen molar-refractivity contribution in [1.82, 2.24) is 0 Å². The van der Waals surface area contributed by atoms with Crippen LogP contribution in [0.1, 0.15) is 0 Å². The normalized spacial score (nSPS) is 19.2. The van der Waals surface area contributed by atoms with Crippen LogP contribution in [0, 0.1) is 0 Å². The molecule has 0 aliphatic heterocycles. The Morgan fingerprint density at radius 1 is 0.667 bits per heavy atom. The fraction of sp³-hybridized carbons (Fsp3) is 0. The van der Waals surface area contributed by atoms with E-state index in [9.17, 15) is 0 Å². The fourth-order valence-electron chi connectivity index (χ4n) is 0. The molecule has 0 heterocycles. The zero-order valence-corrected chi connectivity index (χ0v) is 8.26. The van der Waals surface area contributed by atoms with Crippen LogP contribution in [0.5, 0.6) is 0 Å². The van der Waals surface area contributed by atoms with Crippen LogP contribution in [0.15, 0.2) is 0 Å². The van der Waals surface area contributed by atoms with Gasteiger partial charge in [0.15, 0.2) is 0 Å². The van der Waals surface area contributed by atoms with Gasteiger partial charge in [0.25, 0.3) is 0 Å². The summed E-state index contributed by atoms with van der Waals surface area (Å²) in [6.07, 6.45) is 0. The molecule has 45 valence electrons. The number of hydrogen-bond donors (Lipinski definition) is 0. The summed E-state index contributed by atoms with van der Waals surface area (Å²) >= 11 is 0. The molecule has 0 aromatic rings. The summed E-state index contributed by atoms with van der Waals surface area (Å²) in [6, 6.07) is 0. The van der Waals surface area contributed by atoms with E-state index in [0.717, 1.165) is 0 Å². The molecule has 0 aliphatic carbocycles. The molecule has 0 atom stereocenters. The molecule has 0 amide bonds. The Labute approximate surface area is 56.1 Å². The minimum absolute atomic E-state index is 4.19. The van der Waals surface area contributed by atoms with Crippen LogP contribution in [0.4, 0.5) is 0 Å². The summed E-state index contributed by atoms with van der Waals surface area (Å²) in [7, 11) is 21.0. The summed E-state index contributed by atoms with van der Waals surface area (Å²) in [5.41, 5.74) is 0. The Morgan fingerprint density at radius 3 is 0.667 bits per heavy atom. The van der Waals surface area contributed by atoms with E-state index >= 15 is 0 Å². The Morgan fingerprint density at radius 2 is 0.667 bits per heavy atom. The molecule has 0 nitrogen and oxygen atoms in total. The van der Waals surface area contributed by atoms with E-state index in [1.54, 1.807) is 0 Å². The van der Waals surface area contributed by atoms with Gasteiger partial charge in [0.05, 0.1) is 0 Å². The Bertz CT molecular complexity index is 37.1. The second-order valence-corrected chi connectivity index (χ2v) is 33.3. The molecule has 0 radical (unpaired) electrons. The van der Waals surface area contributed by atoms with E-state index in [2.05, 4.69) is 0 Å². The third-order valence-corrected chi connectivity index (χ3v) is 0. The van der Waals surface area contributed by atoms with Crippen molar-refractivity contribution in [2.75, 3.05) is 0 Å². The molecule has 0 N–H and O–H groups in total. The van der Waals surface area contributed by atoms with Crippen molar-refractivity contribution in [1.29, 1.82) is 0 Å². The van der Waals surface area contributed by atoms with Crippen LogP contribution in [-0.4, -0.2) is 0 Å². The van der Waals surface area contributed by atoms with Gasteiger partial charge in [-0.1, -0.05) is 0 Å². The zero-order chi connectivity index (χ0) is 5.45. The molecule has 6 heavy (non-hydrogen) atoms. The first kappa shape index (κ1) is 8.14. The fourth-order valence-corrected chi connectivity index (χ4v) is 0. The molecular formula is Cl5Pt.